The second kappa shape index (κ2) is 4.35. The highest BCUT2D eigenvalue weighted by molar-refractivity contribution is 5.80. The van der Waals surface area contributed by atoms with Crippen LogP contribution in [0.3, 0.4) is 0 Å². The van der Waals surface area contributed by atoms with Crippen LogP contribution in [0.4, 0.5) is 4.39 Å². The number of halogens is 1. The topological polar surface area (TPSA) is 32.3 Å². The molecule has 96 valence electrons. The van der Waals surface area contributed by atoms with E-state index >= 15 is 0 Å². The van der Waals surface area contributed by atoms with Gasteiger partial charge in [-0.1, -0.05) is 12.1 Å². The van der Waals surface area contributed by atoms with E-state index in [1.165, 1.54) is 12.1 Å². The van der Waals surface area contributed by atoms with E-state index < -0.39 is 5.66 Å². The van der Waals surface area contributed by atoms with E-state index in [2.05, 4.69) is 5.32 Å². The molecular weight excluding hydrogens is 231 g/mol. The quantitative estimate of drug-likeness (QED) is 0.824. The minimum Gasteiger partial charge on any atom is -0.320 e. The molecule has 2 fully saturated rings. The van der Waals surface area contributed by atoms with Crippen LogP contribution in [0.2, 0.25) is 0 Å². The molecule has 2 aliphatic heterocycles. The summed E-state index contributed by atoms with van der Waals surface area (Å²) in [6.07, 6.45) is 3.45. The van der Waals surface area contributed by atoms with Gasteiger partial charge in [0, 0.05) is 13.0 Å². The average Bonchev–Trinajstić information content (AvgIpc) is 2.59. The van der Waals surface area contributed by atoms with Crippen molar-refractivity contribution in [1.29, 1.82) is 0 Å². The molecule has 3 nitrogen and oxygen atoms in total. The second-order valence-electron chi connectivity index (χ2n) is 5.05. The monoisotopic (exact) mass is 248 g/mol. The maximum atomic E-state index is 13.1. The summed E-state index contributed by atoms with van der Waals surface area (Å²) in [6, 6.07) is 6.52. The third-order valence-electron chi connectivity index (χ3n) is 4.01. The van der Waals surface area contributed by atoms with Crippen molar-refractivity contribution in [3.8, 4) is 0 Å². The fourth-order valence-electron chi connectivity index (χ4n) is 3.09. The number of nitrogens with zero attached hydrogens (tertiary/aromatic N) is 1. The van der Waals surface area contributed by atoms with Gasteiger partial charge in [-0.2, -0.15) is 0 Å². The molecule has 2 aliphatic rings. The van der Waals surface area contributed by atoms with Gasteiger partial charge < -0.3 is 4.90 Å². The minimum atomic E-state index is -0.402. The van der Waals surface area contributed by atoms with Gasteiger partial charge in [0.15, 0.2) is 0 Å². The smallest absolute Gasteiger partial charge is 0.224 e. The number of hydrogen-bond donors (Lipinski definition) is 1. The van der Waals surface area contributed by atoms with Gasteiger partial charge in [0.25, 0.3) is 0 Å². The fourth-order valence-corrected chi connectivity index (χ4v) is 3.09. The van der Waals surface area contributed by atoms with E-state index in [0.29, 0.717) is 6.42 Å². The Labute approximate surface area is 106 Å². The molecule has 1 aromatic rings. The van der Waals surface area contributed by atoms with Gasteiger partial charge in [-0.25, -0.2) is 4.39 Å². The Hall–Kier alpha value is -1.42. The SMILES string of the molecule is O=C1CCC2(c3ccc(F)cc3)NCCCCN12. The van der Waals surface area contributed by atoms with Crippen molar-refractivity contribution >= 4 is 5.91 Å². The maximum absolute atomic E-state index is 13.1. The van der Waals surface area contributed by atoms with E-state index in [4.69, 9.17) is 0 Å². The van der Waals surface area contributed by atoms with Gasteiger partial charge in [0.05, 0.1) is 0 Å². The van der Waals surface area contributed by atoms with Crippen LogP contribution in [0.15, 0.2) is 24.3 Å². The fraction of sp³-hybridized carbons (Fsp3) is 0.500. The number of amides is 1. The lowest BCUT2D eigenvalue weighted by molar-refractivity contribution is -0.132. The third kappa shape index (κ3) is 1.72. The van der Waals surface area contributed by atoms with Crippen molar-refractivity contribution in [3.63, 3.8) is 0 Å². The van der Waals surface area contributed by atoms with Crippen LogP contribution >= 0.6 is 0 Å². The molecule has 0 saturated carbocycles. The second-order valence-corrected chi connectivity index (χ2v) is 5.05. The van der Waals surface area contributed by atoms with Crippen LogP contribution in [0, 0.1) is 5.82 Å². The van der Waals surface area contributed by atoms with Crippen molar-refractivity contribution in [2.24, 2.45) is 0 Å². The van der Waals surface area contributed by atoms with E-state index in [0.717, 1.165) is 37.9 Å². The summed E-state index contributed by atoms with van der Waals surface area (Å²) in [6.45, 7) is 1.70. The molecule has 1 amide bonds. The van der Waals surface area contributed by atoms with Crippen molar-refractivity contribution < 1.29 is 9.18 Å². The van der Waals surface area contributed by atoms with Gasteiger partial charge in [0.2, 0.25) is 5.91 Å². The first-order valence-electron chi connectivity index (χ1n) is 6.54. The molecule has 0 aliphatic carbocycles. The largest absolute Gasteiger partial charge is 0.320 e. The van der Waals surface area contributed by atoms with E-state index in [-0.39, 0.29) is 11.7 Å². The van der Waals surface area contributed by atoms with Crippen LogP contribution in [0.1, 0.15) is 31.2 Å². The summed E-state index contributed by atoms with van der Waals surface area (Å²) in [5.74, 6) is -0.0339. The van der Waals surface area contributed by atoms with Gasteiger partial charge in [0.1, 0.15) is 11.5 Å². The Morgan fingerprint density at radius 1 is 1.22 bits per heavy atom. The Morgan fingerprint density at radius 2 is 2.00 bits per heavy atom. The molecule has 2 saturated heterocycles. The van der Waals surface area contributed by atoms with Crippen molar-refractivity contribution in [3.05, 3.63) is 35.6 Å². The first kappa shape index (κ1) is 11.7. The lowest BCUT2D eigenvalue weighted by atomic mass is 9.96. The number of carbonyl (C=O) groups is 1. The normalized spacial score (nSPS) is 28.1. The zero-order chi connectivity index (χ0) is 12.6. The summed E-state index contributed by atoms with van der Waals surface area (Å²) >= 11 is 0. The van der Waals surface area contributed by atoms with Gasteiger partial charge in [-0.15, -0.1) is 0 Å². The highest BCUT2D eigenvalue weighted by Gasteiger charge is 2.46. The van der Waals surface area contributed by atoms with Gasteiger partial charge in [-0.05, 0) is 43.5 Å². The molecule has 1 atom stereocenters. The van der Waals surface area contributed by atoms with E-state index in [9.17, 15) is 9.18 Å². The van der Waals surface area contributed by atoms with Crippen molar-refractivity contribution in [1.82, 2.24) is 10.2 Å². The van der Waals surface area contributed by atoms with Crippen LogP contribution in [-0.2, 0) is 10.5 Å². The standard InChI is InChI=1S/C14H17FN2O/c15-12-5-3-11(4-6-12)14-8-7-13(18)17(14)10-2-1-9-16-14/h3-6,16H,1-2,7-10H2. The molecule has 1 N–H and O–H groups in total. The van der Waals surface area contributed by atoms with Crippen LogP contribution < -0.4 is 5.32 Å². The lowest BCUT2D eigenvalue weighted by Gasteiger charge is -2.38. The number of benzene rings is 1. The summed E-state index contributed by atoms with van der Waals surface area (Å²) in [5.41, 5.74) is 0.595. The Morgan fingerprint density at radius 3 is 2.78 bits per heavy atom. The Balaban J connectivity index is 2.03. The summed E-state index contributed by atoms with van der Waals surface area (Å²) < 4.78 is 13.1. The summed E-state index contributed by atoms with van der Waals surface area (Å²) in [7, 11) is 0. The minimum absolute atomic E-state index is 0.203. The molecule has 0 radical (unpaired) electrons. The molecule has 1 unspecified atom stereocenters. The zero-order valence-electron chi connectivity index (χ0n) is 10.3. The maximum Gasteiger partial charge on any atom is 0.224 e. The molecule has 2 heterocycles. The summed E-state index contributed by atoms with van der Waals surface area (Å²) in [4.78, 5) is 14.0. The first-order chi connectivity index (χ1) is 8.72. The number of carbonyl (C=O) groups excluding carboxylic acids is 1. The van der Waals surface area contributed by atoms with Crippen molar-refractivity contribution in [2.45, 2.75) is 31.3 Å². The van der Waals surface area contributed by atoms with Crippen LogP contribution in [0.25, 0.3) is 0 Å². The van der Waals surface area contributed by atoms with E-state index in [1.54, 1.807) is 12.1 Å². The van der Waals surface area contributed by atoms with Crippen LogP contribution in [0.5, 0.6) is 0 Å². The molecular formula is C14H17FN2O. The van der Waals surface area contributed by atoms with Crippen LogP contribution in [-0.4, -0.2) is 23.9 Å². The number of hydrogen-bond acceptors (Lipinski definition) is 2. The number of fused-ring (bicyclic) bond motifs is 1. The van der Waals surface area contributed by atoms with E-state index in [1.807, 2.05) is 4.90 Å². The molecule has 1 aromatic carbocycles. The molecule has 0 bridgehead atoms. The molecule has 0 spiro atoms. The van der Waals surface area contributed by atoms with Gasteiger partial charge in [-0.3, -0.25) is 10.1 Å². The molecule has 18 heavy (non-hydrogen) atoms. The number of rotatable bonds is 1. The van der Waals surface area contributed by atoms with Crippen molar-refractivity contribution in [2.75, 3.05) is 13.1 Å². The molecule has 3 rings (SSSR count). The zero-order valence-corrected chi connectivity index (χ0v) is 10.3. The number of nitrogens with one attached hydrogen (secondary N) is 1. The highest BCUT2D eigenvalue weighted by Crippen LogP contribution is 2.38. The van der Waals surface area contributed by atoms with Gasteiger partial charge >= 0.3 is 0 Å². The molecule has 4 heteroatoms. The summed E-state index contributed by atoms with van der Waals surface area (Å²) in [5, 5.41) is 3.51. The predicted octanol–water partition coefficient (Wildman–Crippen LogP) is 1.98. The Bertz CT molecular complexity index is 459. The average molecular weight is 248 g/mol. The Kier molecular flexibility index (Phi) is 2.82. The first-order valence-corrected chi connectivity index (χ1v) is 6.54. The lowest BCUT2D eigenvalue weighted by Crippen LogP contribution is -2.52. The molecule has 0 aromatic heterocycles. The third-order valence-corrected chi connectivity index (χ3v) is 4.01. The predicted molar refractivity (Wildman–Crippen MR) is 66.3 cm³/mol. The highest BCUT2D eigenvalue weighted by atomic mass is 19.1.